The van der Waals surface area contributed by atoms with E-state index in [9.17, 15) is 8.76 Å². The summed E-state index contributed by atoms with van der Waals surface area (Å²) in [5, 5.41) is 0. The van der Waals surface area contributed by atoms with Crippen LogP contribution in [0.15, 0.2) is 29.2 Å². The van der Waals surface area contributed by atoms with Gasteiger partial charge >= 0.3 is 29.6 Å². The van der Waals surface area contributed by atoms with E-state index < -0.39 is 11.1 Å². The first-order chi connectivity index (χ1) is 6.74. The van der Waals surface area contributed by atoms with Crippen LogP contribution in [0, 0.1) is 0 Å². The number of hydrogen-bond donors (Lipinski definition) is 0. The Bertz CT molecular complexity index is 298. The maximum absolute atomic E-state index is 10.6. The fraction of sp³-hybridized carbons (Fsp3) is 0.455. The molecule has 0 saturated heterocycles. The second-order valence-electron chi connectivity index (χ2n) is 3.34. The summed E-state index contributed by atoms with van der Waals surface area (Å²) in [6.07, 6.45) is 4.66. The summed E-state index contributed by atoms with van der Waals surface area (Å²) >= 11 is -2.09. The summed E-state index contributed by atoms with van der Waals surface area (Å²) in [6, 6.07) is 7.09. The van der Waals surface area contributed by atoms with Crippen molar-refractivity contribution < 1.29 is 38.3 Å². The number of unbranched alkanes of at least 4 members (excludes halogenated alkanes) is 2. The van der Waals surface area contributed by atoms with Crippen LogP contribution in [-0.2, 0) is 17.5 Å². The summed E-state index contributed by atoms with van der Waals surface area (Å²) < 4.78 is 21.1. The fourth-order valence-corrected chi connectivity index (χ4v) is 1.70. The number of aryl methyl sites for hydroxylation is 1. The van der Waals surface area contributed by atoms with Crippen LogP contribution < -0.4 is 29.6 Å². The van der Waals surface area contributed by atoms with Gasteiger partial charge in [-0.15, -0.1) is 0 Å². The molecule has 4 heteroatoms. The SMILES string of the molecule is CCCCCc1ccc(S(=O)[O-])cc1.[Na+]. The summed E-state index contributed by atoms with van der Waals surface area (Å²) in [5.74, 6) is 0. The Morgan fingerprint density at radius 1 is 1.20 bits per heavy atom. The minimum absolute atomic E-state index is 0. The van der Waals surface area contributed by atoms with E-state index in [4.69, 9.17) is 0 Å². The van der Waals surface area contributed by atoms with Gasteiger partial charge in [-0.25, -0.2) is 0 Å². The van der Waals surface area contributed by atoms with Gasteiger partial charge in [-0.05, 0) is 41.6 Å². The summed E-state index contributed by atoms with van der Waals surface area (Å²) in [7, 11) is 0. The minimum Gasteiger partial charge on any atom is -0.768 e. The van der Waals surface area contributed by atoms with E-state index in [1.54, 1.807) is 12.1 Å². The first-order valence-corrected chi connectivity index (χ1v) is 5.99. The number of benzene rings is 1. The van der Waals surface area contributed by atoms with Crippen LogP contribution in [0.2, 0.25) is 0 Å². The normalized spacial score (nSPS) is 11.9. The molecule has 2 nitrogen and oxygen atoms in total. The smallest absolute Gasteiger partial charge is 0.768 e. The van der Waals surface area contributed by atoms with E-state index in [-0.39, 0.29) is 29.6 Å². The largest absolute Gasteiger partial charge is 1.00 e. The third-order valence-electron chi connectivity index (χ3n) is 2.18. The van der Waals surface area contributed by atoms with Gasteiger partial charge in [0.15, 0.2) is 0 Å². The van der Waals surface area contributed by atoms with Crippen molar-refractivity contribution >= 4 is 11.1 Å². The molecule has 1 rings (SSSR count). The third kappa shape index (κ3) is 5.83. The van der Waals surface area contributed by atoms with Gasteiger partial charge in [0.05, 0.1) is 0 Å². The second kappa shape index (κ2) is 8.48. The summed E-state index contributed by atoms with van der Waals surface area (Å²) in [5.41, 5.74) is 1.22. The van der Waals surface area contributed by atoms with Crippen LogP contribution in [0.25, 0.3) is 0 Å². The van der Waals surface area contributed by atoms with Crippen molar-refractivity contribution in [2.75, 3.05) is 0 Å². The molecule has 0 saturated carbocycles. The second-order valence-corrected chi connectivity index (χ2v) is 4.28. The average Bonchev–Trinajstić information content (AvgIpc) is 2.19. The van der Waals surface area contributed by atoms with Gasteiger partial charge in [0.1, 0.15) is 0 Å². The molecule has 0 spiro atoms. The van der Waals surface area contributed by atoms with Gasteiger partial charge in [-0.1, -0.05) is 31.9 Å². The van der Waals surface area contributed by atoms with E-state index in [0.717, 1.165) is 6.42 Å². The molecule has 1 aromatic rings. The standard InChI is InChI=1S/C11H16O2S.Na/c1-2-3-4-5-10-6-8-11(9-7-10)14(12)13;/h6-9H,2-5H2,1H3,(H,12,13);/q;+1/p-1. The van der Waals surface area contributed by atoms with Crippen molar-refractivity contribution in [3.05, 3.63) is 29.8 Å². The van der Waals surface area contributed by atoms with Crippen LogP contribution >= 0.6 is 0 Å². The van der Waals surface area contributed by atoms with E-state index in [1.807, 2.05) is 12.1 Å². The average molecular weight is 234 g/mol. The maximum atomic E-state index is 10.6. The Morgan fingerprint density at radius 3 is 2.27 bits per heavy atom. The molecule has 0 aliphatic carbocycles. The maximum Gasteiger partial charge on any atom is 1.00 e. The van der Waals surface area contributed by atoms with E-state index in [1.165, 1.54) is 24.8 Å². The molecule has 0 bridgehead atoms. The van der Waals surface area contributed by atoms with Gasteiger partial charge in [-0.2, -0.15) is 0 Å². The number of rotatable bonds is 5. The van der Waals surface area contributed by atoms with Gasteiger partial charge in [0.2, 0.25) is 0 Å². The molecule has 0 fully saturated rings. The molecule has 1 aromatic carbocycles. The zero-order valence-electron chi connectivity index (χ0n) is 9.36. The molecule has 0 radical (unpaired) electrons. The van der Waals surface area contributed by atoms with Crippen molar-refractivity contribution in [3.63, 3.8) is 0 Å². The topological polar surface area (TPSA) is 40.1 Å². The van der Waals surface area contributed by atoms with Crippen LogP contribution in [0.5, 0.6) is 0 Å². The van der Waals surface area contributed by atoms with Gasteiger partial charge in [0, 0.05) is 4.90 Å². The molecular formula is C11H15NaO2S. The quantitative estimate of drug-likeness (QED) is 0.397. The van der Waals surface area contributed by atoms with Crippen LogP contribution in [-0.4, -0.2) is 8.76 Å². The first kappa shape index (κ1) is 15.3. The van der Waals surface area contributed by atoms with Crippen molar-refractivity contribution in [1.29, 1.82) is 0 Å². The van der Waals surface area contributed by atoms with Gasteiger partial charge in [-0.3, -0.25) is 4.21 Å². The Balaban J connectivity index is 0.00000196. The van der Waals surface area contributed by atoms with Crippen molar-refractivity contribution in [1.82, 2.24) is 0 Å². The molecule has 0 amide bonds. The van der Waals surface area contributed by atoms with Crippen LogP contribution in [0.1, 0.15) is 31.7 Å². The molecule has 0 aromatic heterocycles. The Hall–Kier alpha value is 0.330. The number of hydrogen-bond acceptors (Lipinski definition) is 2. The van der Waals surface area contributed by atoms with Crippen LogP contribution in [0.4, 0.5) is 0 Å². The molecular weight excluding hydrogens is 219 g/mol. The fourth-order valence-electron chi connectivity index (χ4n) is 1.35. The molecule has 1 unspecified atom stereocenters. The first-order valence-electron chi connectivity index (χ1n) is 4.92. The van der Waals surface area contributed by atoms with E-state index in [0.29, 0.717) is 4.90 Å². The van der Waals surface area contributed by atoms with Gasteiger partial charge < -0.3 is 4.55 Å². The molecule has 0 N–H and O–H groups in total. The van der Waals surface area contributed by atoms with Gasteiger partial charge in [0.25, 0.3) is 0 Å². The molecule has 78 valence electrons. The zero-order valence-corrected chi connectivity index (χ0v) is 12.2. The monoisotopic (exact) mass is 234 g/mol. The Kier molecular flexibility index (Phi) is 8.66. The van der Waals surface area contributed by atoms with E-state index in [2.05, 4.69) is 6.92 Å². The summed E-state index contributed by atoms with van der Waals surface area (Å²) in [4.78, 5) is 0.365. The minimum atomic E-state index is -2.09. The Morgan fingerprint density at radius 2 is 1.80 bits per heavy atom. The Labute approximate surface area is 116 Å². The molecule has 1 atom stereocenters. The van der Waals surface area contributed by atoms with Crippen molar-refractivity contribution in [2.45, 2.75) is 37.5 Å². The molecule has 15 heavy (non-hydrogen) atoms. The van der Waals surface area contributed by atoms with Crippen molar-refractivity contribution in [2.24, 2.45) is 0 Å². The molecule has 0 aliphatic rings. The third-order valence-corrected chi connectivity index (χ3v) is 2.84. The molecule has 0 aliphatic heterocycles. The predicted molar refractivity (Wildman–Crippen MR) is 56.9 cm³/mol. The summed E-state index contributed by atoms with van der Waals surface area (Å²) in [6.45, 7) is 2.17. The zero-order chi connectivity index (χ0) is 10.4. The molecule has 0 heterocycles. The van der Waals surface area contributed by atoms with Crippen LogP contribution in [0.3, 0.4) is 0 Å². The predicted octanol–water partition coefficient (Wildman–Crippen LogP) is -0.339. The van der Waals surface area contributed by atoms with E-state index >= 15 is 0 Å². The van der Waals surface area contributed by atoms with Crippen molar-refractivity contribution in [3.8, 4) is 0 Å².